The van der Waals surface area contributed by atoms with Gasteiger partial charge < -0.3 is 9.84 Å². The van der Waals surface area contributed by atoms with Crippen molar-refractivity contribution in [1.82, 2.24) is 0 Å². The molecule has 0 unspecified atom stereocenters. The fraction of sp³-hybridized carbons (Fsp3) is 0.619. The van der Waals surface area contributed by atoms with Crippen LogP contribution in [0.4, 0.5) is 0 Å². The number of hydrogen-bond donors (Lipinski definition) is 1. The Hall–Kier alpha value is -1.84. The molecule has 0 fully saturated rings. The van der Waals surface area contributed by atoms with Crippen molar-refractivity contribution in [2.75, 3.05) is 6.61 Å². The van der Waals surface area contributed by atoms with Gasteiger partial charge in [-0.2, -0.15) is 0 Å². The van der Waals surface area contributed by atoms with E-state index in [2.05, 4.69) is 19.1 Å². The van der Waals surface area contributed by atoms with E-state index >= 15 is 0 Å². The van der Waals surface area contributed by atoms with Crippen molar-refractivity contribution < 1.29 is 19.4 Å². The Morgan fingerprint density at radius 2 is 1.60 bits per heavy atom. The van der Waals surface area contributed by atoms with Crippen LogP contribution in [-0.4, -0.2) is 23.3 Å². The number of carbonyl (C=O) groups excluding carboxylic acids is 2. The monoisotopic (exact) mass is 348 g/mol. The van der Waals surface area contributed by atoms with E-state index in [0.717, 1.165) is 31.8 Å². The molecule has 0 heterocycles. The lowest BCUT2D eigenvalue weighted by Crippen LogP contribution is -2.21. The van der Waals surface area contributed by atoms with Crippen LogP contribution in [0.2, 0.25) is 0 Å². The second-order valence-electron chi connectivity index (χ2n) is 6.38. The second kappa shape index (κ2) is 12.5. The zero-order valence-corrected chi connectivity index (χ0v) is 15.7. The van der Waals surface area contributed by atoms with Crippen molar-refractivity contribution in [3.8, 4) is 0 Å². The summed E-state index contributed by atoms with van der Waals surface area (Å²) in [6.45, 7) is 4.29. The first kappa shape index (κ1) is 21.2. The third-order valence-corrected chi connectivity index (χ3v) is 4.27. The topological polar surface area (TPSA) is 63.6 Å². The maximum Gasteiger partial charge on any atom is 0.227 e. The van der Waals surface area contributed by atoms with Crippen LogP contribution in [0.1, 0.15) is 78.1 Å². The van der Waals surface area contributed by atoms with Crippen molar-refractivity contribution >= 4 is 11.6 Å². The molecule has 1 rings (SSSR count). The van der Waals surface area contributed by atoms with Gasteiger partial charge in [0.15, 0.2) is 11.5 Å². The Morgan fingerprint density at radius 1 is 0.960 bits per heavy atom. The number of rotatable bonds is 13. The molecule has 0 aromatic rings. The lowest BCUT2D eigenvalue weighted by molar-refractivity contribution is -0.120. The lowest BCUT2D eigenvalue weighted by Gasteiger charge is -2.15. The van der Waals surface area contributed by atoms with Crippen molar-refractivity contribution in [1.29, 1.82) is 0 Å². The highest BCUT2D eigenvalue weighted by Crippen LogP contribution is 2.23. The Bertz CT molecular complexity index is 526. The van der Waals surface area contributed by atoms with Gasteiger partial charge in [0.05, 0.1) is 6.61 Å². The van der Waals surface area contributed by atoms with Gasteiger partial charge in [-0.1, -0.05) is 51.2 Å². The zero-order chi connectivity index (χ0) is 18.5. The number of ketones is 2. The van der Waals surface area contributed by atoms with E-state index in [4.69, 9.17) is 4.74 Å². The standard InChI is InChI=1S/C21H32O4/c1-3-5-6-7-8-9-10-11-12-13-14-15-17-20(23)18(22)16-19(21(17)24)25-4-2/h7-8,16,23H,3-6,9-15H2,1-2H3. The fourth-order valence-corrected chi connectivity index (χ4v) is 2.80. The summed E-state index contributed by atoms with van der Waals surface area (Å²) in [5.41, 5.74) is 0.204. The van der Waals surface area contributed by atoms with Gasteiger partial charge in [-0.15, -0.1) is 0 Å². The summed E-state index contributed by atoms with van der Waals surface area (Å²) in [6.07, 6.45) is 16.1. The van der Waals surface area contributed by atoms with Crippen LogP contribution in [0, 0.1) is 0 Å². The minimum atomic E-state index is -0.534. The number of aliphatic hydroxyl groups excluding tert-OH is 1. The lowest BCUT2D eigenvalue weighted by atomic mass is 9.94. The van der Waals surface area contributed by atoms with E-state index < -0.39 is 11.5 Å². The smallest absolute Gasteiger partial charge is 0.227 e. The summed E-state index contributed by atoms with van der Waals surface area (Å²) in [5.74, 6) is -1.25. The molecule has 4 heteroatoms. The number of carbonyl (C=O) groups is 2. The molecule has 0 amide bonds. The largest absolute Gasteiger partial charge is 0.504 e. The highest BCUT2D eigenvalue weighted by atomic mass is 16.5. The van der Waals surface area contributed by atoms with Gasteiger partial charge in [0.1, 0.15) is 0 Å². The molecule has 0 aliphatic heterocycles. The molecular formula is C21H32O4. The number of allylic oxidation sites excluding steroid dienone is 4. The van der Waals surface area contributed by atoms with Gasteiger partial charge in [-0.05, 0) is 39.0 Å². The number of hydrogen-bond acceptors (Lipinski definition) is 4. The van der Waals surface area contributed by atoms with Gasteiger partial charge in [0, 0.05) is 11.6 Å². The Balaban J connectivity index is 2.23. The SMILES string of the molecule is CCCCC=CCCCCCCCC1=C(O)C(=O)C=C(OCC)C1=O. The summed E-state index contributed by atoms with van der Waals surface area (Å²) in [6, 6.07) is 0. The van der Waals surface area contributed by atoms with E-state index in [1.807, 2.05) is 0 Å². The Morgan fingerprint density at radius 3 is 2.28 bits per heavy atom. The summed E-state index contributed by atoms with van der Waals surface area (Å²) in [7, 11) is 0. The van der Waals surface area contributed by atoms with Gasteiger partial charge >= 0.3 is 0 Å². The van der Waals surface area contributed by atoms with Crippen LogP contribution in [0.3, 0.4) is 0 Å². The van der Waals surface area contributed by atoms with Crippen molar-refractivity contribution in [3.05, 3.63) is 35.3 Å². The van der Waals surface area contributed by atoms with Gasteiger partial charge in [-0.3, -0.25) is 9.59 Å². The molecular weight excluding hydrogens is 316 g/mol. The number of unbranched alkanes of at least 4 members (excludes halogenated alkanes) is 7. The molecule has 0 aromatic carbocycles. The number of ether oxygens (including phenoxy) is 1. The summed E-state index contributed by atoms with van der Waals surface area (Å²) < 4.78 is 5.19. The number of Topliss-reactive ketones (excluding diaryl/α,β-unsaturated/α-hetero) is 1. The fourth-order valence-electron chi connectivity index (χ4n) is 2.80. The molecule has 0 saturated heterocycles. The first-order chi connectivity index (χ1) is 12.1. The van der Waals surface area contributed by atoms with Crippen molar-refractivity contribution in [2.45, 2.75) is 78.1 Å². The van der Waals surface area contributed by atoms with Crippen LogP contribution in [-0.2, 0) is 14.3 Å². The summed E-state index contributed by atoms with van der Waals surface area (Å²) in [5, 5.41) is 9.86. The van der Waals surface area contributed by atoms with E-state index in [0.29, 0.717) is 13.0 Å². The first-order valence-electron chi connectivity index (χ1n) is 9.62. The highest BCUT2D eigenvalue weighted by molar-refractivity contribution is 6.20. The Labute approximate surface area is 151 Å². The van der Waals surface area contributed by atoms with Crippen LogP contribution in [0.15, 0.2) is 35.3 Å². The summed E-state index contributed by atoms with van der Waals surface area (Å²) in [4.78, 5) is 23.9. The van der Waals surface area contributed by atoms with Crippen LogP contribution in [0.25, 0.3) is 0 Å². The minimum absolute atomic E-state index is 0.0511. The molecule has 0 radical (unpaired) electrons. The zero-order valence-electron chi connectivity index (χ0n) is 15.7. The van der Waals surface area contributed by atoms with E-state index in [-0.39, 0.29) is 17.1 Å². The molecule has 25 heavy (non-hydrogen) atoms. The van der Waals surface area contributed by atoms with E-state index in [1.165, 1.54) is 32.1 Å². The Kier molecular flexibility index (Phi) is 10.6. The van der Waals surface area contributed by atoms with Crippen LogP contribution < -0.4 is 0 Å². The molecule has 1 aliphatic rings. The third kappa shape index (κ3) is 7.72. The molecule has 140 valence electrons. The molecule has 0 aromatic heterocycles. The average molecular weight is 348 g/mol. The molecule has 0 atom stereocenters. The minimum Gasteiger partial charge on any atom is -0.504 e. The highest BCUT2D eigenvalue weighted by Gasteiger charge is 2.28. The molecule has 0 saturated carbocycles. The van der Waals surface area contributed by atoms with Gasteiger partial charge in [-0.25, -0.2) is 0 Å². The van der Waals surface area contributed by atoms with E-state index in [9.17, 15) is 14.7 Å². The van der Waals surface area contributed by atoms with E-state index in [1.54, 1.807) is 6.92 Å². The number of aliphatic hydroxyl groups is 1. The maximum absolute atomic E-state index is 12.2. The van der Waals surface area contributed by atoms with Gasteiger partial charge in [0.2, 0.25) is 11.6 Å². The van der Waals surface area contributed by atoms with Crippen molar-refractivity contribution in [3.63, 3.8) is 0 Å². The molecule has 4 nitrogen and oxygen atoms in total. The molecule has 0 bridgehead atoms. The average Bonchev–Trinajstić information content (AvgIpc) is 2.60. The normalized spacial score (nSPS) is 15.2. The maximum atomic E-state index is 12.2. The summed E-state index contributed by atoms with van der Waals surface area (Å²) >= 11 is 0. The predicted octanol–water partition coefficient (Wildman–Crippen LogP) is 5.35. The van der Waals surface area contributed by atoms with Crippen LogP contribution >= 0.6 is 0 Å². The quantitative estimate of drug-likeness (QED) is 0.277. The van der Waals surface area contributed by atoms with Gasteiger partial charge in [0.25, 0.3) is 0 Å². The van der Waals surface area contributed by atoms with Crippen molar-refractivity contribution in [2.24, 2.45) is 0 Å². The molecule has 1 aliphatic carbocycles. The van der Waals surface area contributed by atoms with Crippen LogP contribution in [0.5, 0.6) is 0 Å². The molecule has 1 N–H and O–H groups in total. The third-order valence-electron chi connectivity index (χ3n) is 4.27. The first-order valence-corrected chi connectivity index (χ1v) is 9.62. The predicted molar refractivity (Wildman–Crippen MR) is 100 cm³/mol. The second-order valence-corrected chi connectivity index (χ2v) is 6.38. The molecule has 0 spiro atoms.